The van der Waals surface area contributed by atoms with Gasteiger partial charge in [-0.1, -0.05) is 13.8 Å². The highest BCUT2D eigenvalue weighted by Gasteiger charge is 2.18. The van der Waals surface area contributed by atoms with Gasteiger partial charge in [0, 0.05) is 16.8 Å². The summed E-state index contributed by atoms with van der Waals surface area (Å²) in [4.78, 5) is 12.5. The van der Waals surface area contributed by atoms with Gasteiger partial charge in [-0.15, -0.1) is 11.3 Å². The molecule has 0 aliphatic heterocycles. The second kappa shape index (κ2) is 6.66. The molecule has 0 unspecified atom stereocenters. The topological polar surface area (TPSA) is 52.3 Å². The monoisotopic (exact) mass is 243 g/mol. The van der Waals surface area contributed by atoms with E-state index in [0.717, 1.165) is 4.88 Å². The molecular weight excluding hydrogens is 222 g/mol. The molecule has 0 saturated heterocycles. The minimum atomic E-state index is -0.443. The summed E-state index contributed by atoms with van der Waals surface area (Å²) in [6.45, 7) is 10.0. The maximum absolute atomic E-state index is 11.5. The number of ether oxygens (including phenoxy) is 1. The summed E-state index contributed by atoms with van der Waals surface area (Å²) in [7, 11) is 0. The number of carbonyl (C=O) groups is 1. The van der Waals surface area contributed by atoms with Crippen LogP contribution >= 0.6 is 11.3 Å². The summed E-state index contributed by atoms with van der Waals surface area (Å²) in [5, 5.41) is 1.77. The summed E-state index contributed by atoms with van der Waals surface area (Å²) in [5.74, 6) is -0.284. The highest BCUT2D eigenvalue weighted by Crippen LogP contribution is 2.17. The zero-order valence-electron chi connectivity index (χ0n) is 10.7. The Bertz CT molecular complexity index is 326. The number of rotatable bonds is 2. The number of hydrogen-bond donors (Lipinski definition) is 1. The largest absolute Gasteiger partial charge is 0.456 e. The SMILES string of the molecule is CC.CC(C)(C)OC(=O)c1csc(CN)c1. The molecule has 0 aliphatic carbocycles. The van der Waals surface area contributed by atoms with Crippen LogP contribution in [0.5, 0.6) is 0 Å². The van der Waals surface area contributed by atoms with Gasteiger partial charge in [0.1, 0.15) is 5.60 Å². The molecule has 1 aromatic rings. The molecule has 1 heterocycles. The van der Waals surface area contributed by atoms with E-state index in [9.17, 15) is 4.79 Å². The van der Waals surface area contributed by atoms with Crippen LogP contribution in [0, 0.1) is 0 Å². The smallest absolute Gasteiger partial charge is 0.339 e. The van der Waals surface area contributed by atoms with Gasteiger partial charge < -0.3 is 10.5 Å². The first kappa shape index (κ1) is 15.1. The number of carbonyl (C=O) groups excluding carboxylic acids is 1. The molecular formula is C12H21NO2S. The standard InChI is InChI=1S/C10H15NO2S.C2H6/c1-10(2,3)13-9(12)7-4-8(5-11)14-6-7;1-2/h4,6H,5,11H2,1-3H3;1-2H3. The Morgan fingerprint density at radius 3 is 2.38 bits per heavy atom. The van der Waals surface area contributed by atoms with Crippen LogP contribution in [0.3, 0.4) is 0 Å². The van der Waals surface area contributed by atoms with Crippen LogP contribution < -0.4 is 5.73 Å². The van der Waals surface area contributed by atoms with E-state index >= 15 is 0 Å². The van der Waals surface area contributed by atoms with Crippen LogP contribution in [0.2, 0.25) is 0 Å². The van der Waals surface area contributed by atoms with Gasteiger partial charge in [-0.25, -0.2) is 4.79 Å². The fraction of sp³-hybridized carbons (Fsp3) is 0.583. The molecule has 0 amide bonds. The third-order valence-corrected chi connectivity index (χ3v) is 2.45. The third kappa shape index (κ3) is 5.28. The Balaban J connectivity index is 0.00000106. The third-order valence-electron chi connectivity index (χ3n) is 1.49. The highest BCUT2D eigenvalue weighted by molar-refractivity contribution is 7.10. The van der Waals surface area contributed by atoms with Crippen molar-refractivity contribution in [1.82, 2.24) is 0 Å². The molecule has 2 N–H and O–H groups in total. The lowest BCUT2D eigenvalue weighted by atomic mass is 10.2. The van der Waals surface area contributed by atoms with Gasteiger partial charge in [-0.05, 0) is 26.8 Å². The number of thiophene rings is 1. The Hall–Kier alpha value is -0.870. The Morgan fingerprint density at radius 1 is 1.44 bits per heavy atom. The second-order valence-electron chi connectivity index (χ2n) is 4.01. The van der Waals surface area contributed by atoms with Crippen LogP contribution in [0.1, 0.15) is 49.9 Å². The molecule has 0 spiro atoms. The Labute approximate surface area is 102 Å². The molecule has 1 rings (SSSR count). The fourth-order valence-corrected chi connectivity index (χ4v) is 1.67. The fourth-order valence-electron chi connectivity index (χ4n) is 0.932. The number of hydrogen-bond acceptors (Lipinski definition) is 4. The molecule has 0 fully saturated rings. The van der Waals surface area contributed by atoms with Crippen molar-refractivity contribution >= 4 is 17.3 Å². The van der Waals surface area contributed by atoms with Crippen molar-refractivity contribution < 1.29 is 9.53 Å². The molecule has 4 heteroatoms. The highest BCUT2D eigenvalue weighted by atomic mass is 32.1. The molecule has 0 radical (unpaired) electrons. The summed E-state index contributed by atoms with van der Waals surface area (Å²) in [5.41, 5.74) is 5.59. The lowest BCUT2D eigenvalue weighted by molar-refractivity contribution is 0.00701. The first-order chi connectivity index (χ1) is 7.42. The zero-order chi connectivity index (χ0) is 12.8. The van der Waals surface area contributed by atoms with Gasteiger partial charge in [0.25, 0.3) is 0 Å². The van der Waals surface area contributed by atoms with E-state index in [0.29, 0.717) is 12.1 Å². The van der Waals surface area contributed by atoms with Crippen molar-refractivity contribution in [1.29, 1.82) is 0 Å². The van der Waals surface area contributed by atoms with Crippen molar-refractivity contribution in [3.8, 4) is 0 Å². The van der Waals surface area contributed by atoms with Gasteiger partial charge in [0.2, 0.25) is 0 Å². The second-order valence-corrected chi connectivity index (χ2v) is 5.00. The summed E-state index contributed by atoms with van der Waals surface area (Å²) < 4.78 is 5.21. The molecule has 92 valence electrons. The zero-order valence-corrected chi connectivity index (χ0v) is 11.5. The normalized spacial score (nSPS) is 10.4. The molecule has 16 heavy (non-hydrogen) atoms. The molecule has 0 aliphatic rings. The summed E-state index contributed by atoms with van der Waals surface area (Å²) >= 11 is 1.48. The van der Waals surface area contributed by atoms with Crippen LogP contribution in [0.15, 0.2) is 11.4 Å². The minimum Gasteiger partial charge on any atom is -0.456 e. The van der Waals surface area contributed by atoms with Gasteiger partial charge in [-0.3, -0.25) is 0 Å². The molecule has 0 aromatic carbocycles. The number of nitrogens with two attached hydrogens (primary N) is 1. The Morgan fingerprint density at radius 2 is 2.00 bits per heavy atom. The molecule has 3 nitrogen and oxygen atoms in total. The van der Waals surface area contributed by atoms with E-state index in [1.807, 2.05) is 34.6 Å². The lowest BCUT2D eigenvalue weighted by Crippen LogP contribution is -2.23. The maximum atomic E-state index is 11.5. The predicted molar refractivity (Wildman–Crippen MR) is 68.7 cm³/mol. The molecule has 0 saturated carbocycles. The first-order valence-corrected chi connectivity index (χ1v) is 6.31. The van der Waals surface area contributed by atoms with E-state index in [4.69, 9.17) is 10.5 Å². The van der Waals surface area contributed by atoms with E-state index < -0.39 is 5.60 Å². The van der Waals surface area contributed by atoms with Crippen LogP contribution in [0.4, 0.5) is 0 Å². The maximum Gasteiger partial charge on any atom is 0.339 e. The summed E-state index contributed by atoms with van der Waals surface area (Å²) in [6, 6.07) is 1.78. The minimum absolute atomic E-state index is 0.284. The average molecular weight is 243 g/mol. The summed E-state index contributed by atoms with van der Waals surface area (Å²) in [6.07, 6.45) is 0. The van der Waals surface area contributed by atoms with Crippen LogP contribution in [-0.2, 0) is 11.3 Å². The molecule has 1 aromatic heterocycles. The van der Waals surface area contributed by atoms with Gasteiger partial charge in [0.05, 0.1) is 5.56 Å². The molecule has 0 bridgehead atoms. The van der Waals surface area contributed by atoms with E-state index in [2.05, 4.69) is 0 Å². The Kier molecular flexibility index (Phi) is 6.29. The van der Waals surface area contributed by atoms with E-state index in [-0.39, 0.29) is 5.97 Å². The quantitative estimate of drug-likeness (QED) is 0.812. The van der Waals surface area contributed by atoms with Gasteiger partial charge in [-0.2, -0.15) is 0 Å². The molecule has 0 atom stereocenters. The average Bonchev–Trinajstić information content (AvgIpc) is 2.66. The van der Waals surface area contributed by atoms with E-state index in [1.54, 1.807) is 11.4 Å². The van der Waals surface area contributed by atoms with Crippen molar-refractivity contribution in [2.75, 3.05) is 0 Å². The van der Waals surface area contributed by atoms with Gasteiger partial charge >= 0.3 is 5.97 Å². The van der Waals surface area contributed by atoms with E-state index in [1.165, 1.54) is 11.3 Å². The van der Waals surface area contributed by atoms with Gasteiger partial charge in [0.15, 0.2) is 0 Å². The van der Waals surface area contributed by atoms with Crippen LogP contribution in [0.25, 0.3) is 0 Å². The predicted octanol–water partition coefficient (Wildman–Crippen LogP) is 3.19. The van der Waals surface area contributed by atoms with Crippen molar-refractivity contribution in [3.63, 3.8) is 0 Å². The van der Waals surface area contributed by atoms with Crippen molar-refractivity contribution in [2.24, 2.45) is 5.73 Å². The van der Waals surface area contributed by atoms with Crippen molar-refractivity contribution in [3.05, 3.63) is 21.9 Å². The number of esters is 1. The lowest BCUT2D eigenvalue weighted by Gasteiger charge is -2.18. The van der Waals surface area contributed by atoms with Crippen LogP contribution in [-0.4, -0.2) is 11.6 Å². The van der Waals surface area contributed by atoms with Crippen molar-refractivity contribution in [2.45, 2.75) is 46.8 Å². The first-order valence-electron chi connectivity index (χ1n) is 5.43.